The highest BCUT2D eigenvalue weighted by molar-refractivity contribution is 5.76. The Bertz CT molecular complexity index is 1410. The van der Waals surface area contributed by atoms with E-state index in [1.807, 2.05) is 0 Å². The van der Waals surface area contributed by atoms with Crippen molar-refractivity contribution >= 4 is 11.9 Å². The van der Waals surface area contributed by atoms with Gasteiger partial charge in [0, 0.05) is 12.8 Å². The number of rotatable bonds is 75. The Kier molecular flexibility index (Phi) is 74.8. The number of nitrogens with one attached hydrogen (secondary N) is 1. The first-order valence-corrected chi connectivity index (χ1v) is 39.7. The summed E-state index contributed by atoms with van der Waals surface area (Å²) < 4.78 is 5.51. The minimum absolute atomic E-state index is 0.0147. The predicted molar refractivity (Wildman–Crippen MR) is 384 cm³/mol. The van der Waals surface area contributed by atoms with Crippen molar-refractivity contribution in [3.63, 3.8) is 0 Å². The van der Waals surface area contributed by atoms with Gasteiger partial charge < -0.3 is 20.3 Å². The summed E-state index contributed by atoms with van der Waals surface area (Å²) in [5.74, 6) is -0.0135. The number of aliphatic hydroxyl groups is 2. The molecule has 0 heterocycles. The van der Waals surface area contributed by atoms with E-state index in [1.165, 1.54) is 360 Å². The van der Waals surface area contributed by atoms with Crippen LogP contribution in [0.2, 0.25) is 0 Å². The first-order chi connectivity index (χ1) is 43.0. The summed E-state index contributed by atoms with van der Waals surface area (Å²) in [6, 6.07) is -0.541. The van der Waals surface area contributed by atoms with E-state index in [-0.39, 0.29) is 18.5 Å². The smallest absolute Gasteiger partial charge is 0.305 e. The average molecular weight is 1220 g/mol. The van der Waals surface area contributed by atoms with Crippen LogP contribution in [0.5, 0.6) is 0 Å². The number of allylic oxidation sites excluding steroid dienone is 6. The molecule has 6 heteroatoms. The molecule has 514 valence electrons. The van der Waals surface area contributed by atoms with E-state index in [4.69, 9.17) is 4.74 Å². The van der Waals surface area contributed by atoms with Crippen molar-refractivity contribution in [2.45, 2.75) is 456 Å². The van der Waals surface area contributed by atoms with Gasteiger partial charge in [0.25, 0.3) is 0 Å². The topological polar surface area (TPSA) is 95.9 Å². The number of esters is 1. The third-order valence-electron chi connectivity index (χ3n) is 18.7. The van der Waals surface area contributed by atoms with Gasteiger partial charge in [0.1, 0.15) is 0 Å². The van der Waals surface area contributed by atoms with Crippen molar-refractivity contribution in [3.05, 3.63) is 36.5 Å². The highest BCUT2D eigenvalue weighted by atomic mass is 16.5. The summed E-state index contributed by atoms with van der Waals surface area (Å²) in [6.45, 7) is 4.97. The minimum Gasteiger partial charge on any atom is -0.466 e. The molecule has 0 aliphatic heterocycles. The van der Waals surface area contributed by atoms with Crippen molar-refractivity contribution in [2.75, 3.05) is 13.2 Å². The Labute approximate surface area is 544 Å². The Balaban J connectivity index is 3.35. The maximum atomic E-state index is 12.6. The minimum atomic E-state index is -0.664. The Hall–Kier alpha value is -1.92. The van der Waals surface area contributed by atoms with Gasteiger partial charge in [-0.25, -0.2) is 0 Å². The Morgan fingerprint density at radius 2 is 0.575 bits per heavy atom. The van der Waals surface area contributed by atoms with E-state index in [0.29, 0.717) is 25.9 Å². The van der Waals surface area contributed by atoms with E-state index in [9.17, 15) is 19.8 Å². The second-order valence-electron chi connectivity index (χ2n) is 27.4. The Morgan fingerprint density at radius 1 is 0.322 bits per heavy atom. The average Bonchev–Trinajstić information content (AvgIpc) is 3.53. The van der Waals surface area contributed by atoms with Gasteiger partial charge in [-0.15, -0.1) is 0 Å². The standard InChI is InChI=1S/C81H155NO5/c1-3-5-7-9-11-13-15-17-19-21-23-38-41-45-49-53-57-61-65-69-73-79(84)78(77-83)82-80(85)74-70-66-62-58-54-50-46-42-39-35-33-31-29-27-25-24-26-28-30-32-34-36-40-44-48-52-56-60-64-68-72-76-87-81(86)75-71-67-63-59-55-51-47-43-37-22-20-18-16-14-12-10-8-6-4-2/h12,14,18,20,26,28,78-79,83-84H,3-11,13,15-17,19,21-25,27,29-77H2,1-2H3,(H,82,85)/b14-12-,20-18-,28-26-. The molecule has 0 aromatic rings. The lowest BCUT2D eigenvalue weighted by atomic mass is 10.0. The second kappa shape index (κ2) is 76.5. The van der Waals surface area contributed by atoms with Crippen LogP contribution < -0.4 is 5.32 Å². The molecule has 0 rings (SSSR count). The molecular weight excluding hydrogens is 1070 g/mol. The molecule has 0 aromatic carbocycles. The number of aliphatic hydroxyl groups excluding tert-OH is 2. The molecule has 0 radical (unpaired) electrons. The summed E-state index contributed by atoms with van der Waals surface area (Å²) in [6.07, 6.45) is 99.4. The fraction of sp³-hybridized carbons (Fsp3) is 0.901. The van der Waals surface area contributed by atoms with Crippen molar-refractivity contribution in [1.82, 2.24) is 5.32 Å². The van der Waals surface area contributed by atoms with Crippen molar-refractivity contribution in [3.8, 4) is 0 Å². The van der Waals surface area contributed by atoms with Gasteiger partial charge in [0.05, 0.1) is 25.4 Å². The number of amides is 1. The van der Waals surface area contributed by atoms with E-state index in [1.54, 1.807) is 0 Å². The molecule has 0 aliphatic rings. The van der Waals surface area contributed by atoms with Crippen LogP contribution in [-0.2, 0) is 14.3 Å². The summed E-state index contributed by atoms with van der Waals surface area (Å²) in [4.78, 5) is 24.7. The number of hydrogen-bond donors (Lipinski definition) is 3. The zero-order chi connectivity index (χ0) is 62.8. The van der Waals surface area contributed by atoms with Crippen LogP contribution in [0.1, 0.15) is 444 Å². The molecule has 2 atom stereocenters. The molecule has 3 N–H and O–H groups in total. The lowest BCUT2D eigenvalue weighted by molar-refractivity contribution is -0.143. The van der Waals surface area contributed by atoms with E-state index in [2.05, 4.69) is 55.6 Å². The molecule has 0 aliphatic carbocycles. The van der Waals surface area contributed by atoms with Crippen LogP contribution >= 0.6 is 0 Å². The molecule has 6 nitrogen and oxygen atoms in total. The normalized spacial score (nSPS) is 12.6. The predicted octanol–water partition coefficient (Wildman–Crippen LogP) is 26.2. The van der Waals surface area contributed by atoms with Crippen LogP contribution in [0, 0.1) is 0 Å². The number of unbranched alkanes of at least 4 members (excludes halogenated alkanes) is 58. The largest absolute Gasteiger partial charge is 0.466 e. The first kappa shape index (κ1) is 85.1. The van der Waals surface area contributed by atoms with Crippen LogP contribution in [0.15, 0.2) is 36.5 Å². The van der Waals surface area contributed by atoms with E-state index < -0.39 is 12.1 Å². The molecule has 0 spiro atoms. The number of carbonyl (C=O) groups excluding carboxylic acids is 2. The van der Waals surface area contributed by atoms with E-state index >= 15 is 0 Å². The van der Waals surface area contributed by atoms with Gasteiger partial charge in [-0.2, -0.15) is 0 Å². The molecule has 0 aromatic heterocycles. The number of carbonyl (C=O) groups is 2. The first-order valence-electron chi connectivity index (χ1n) is 39.7. The van der Waals surface area contributed by atoms with Gasteiger partial charge in [0.15, 0.2) is 0 Å². The zero-order valence-electron chi connectivity index (χ0n) is 59.0. The third kappa shape index (κ3) is 73.0. The second-order valence-corrected chi connectivity index (χ2v) is 27.4. The molecule has 0 saturated heterocycles. The highest BCUT2D eigenvalue weighted by Crippen LogP contribution is 2.20. The monoisotopic (exact) mass is 1220 g/mol. The zero-order valence-corrected chi connectivity index (χ0v) is 59.0. The van der Waals surface area contributed by atoms with Crippen LogP contribution in [0.4, 0.5) is 0 Å². The fourth-order valence-corrected chi connectivity index (χ4v) is 12.6. The fourth-order valence-electron chi connectivity index (χ4n) is 12.6. The maximum Gasteiger partial charge on any atom is 0.305 e. The summed E-state index contributed by atoms with van der Waals surface area (Å²) in [5.41, 5.74) is 0. The molecule has 0 saturated carbocycles. The molecular formula is C81H155NO5. The maximum absolute atomic E-state index is 12.6. The lowest BCUT2D eigenvalue weighted by Gasteiger charge is -2.22. The molecule has 0 bridgehead atoms. The summed E-state index contributed by atoms with van der Waals surface area (Å²) in [7, 11) is 0. The Morgan fingerprint density at radius 3 is 0.908 bits per heavy atom. The van der Waals surface area contributed by atoms with Crippen LogP contribution in [0.3, 0.4) is 0 Å². The number of ether oxygens (including phenoxy) is 1. The van der Waals surface area contributed by atoms with Crippen molar-refractivity contribution < 1.29 is 24.5 Å². The molecule has 87 heavy (non-hydrogen) atoms. The quantitative estimate of drug-likeness (QED) is 0.0320. The SMILES string of the molecule is CCCCC/C=C\C/C=C\CCCCCCCCCCCC(=O)OCCCCCCCCCCCCCC/C=C\CCCCCCCCCCCCCCCCCC(=O)NC(CO)C(O)CCCCCCCCCCCCCCCCCCCCCC. The third-order valence-corrected chi connectivity index (χ3v) is 18.7. The van der Waals surface area contributed by atoms with Crippen molar-refractivity contribution in [1.29, 1.82) is 0 Å². The van der Waals surface area contributed by atoms with Crippen LogP contribution in [0.25, 0.3) is 0 Å². The van der Waals surface area contributed by atoms with E-state index in [0.717, 1.165) is 51.4 Å². The molecule has 1 amide bonds. The van der Waals surface area contributed by atoms with Crippen molar-refractivity contribution in [2.24, 2.45) is 0 Å². The van der Waals surface area contributed by atoms with Gasteiger partial charge in [-0.3, -0.25) is 9.59 Å². The summed E-state index contributed by atoms with van der Waals surface area (Å²) in [5, 5.41) is 23.4. The molecule has 0 fully saturated rings. The highest BCUT2D eigenvalue weighted by Gasteiger charge is 2.20. The van der Waals surface area contributed by atoms with Gasteiger partial charge in [-0.05, 0) is 83.5 Å². The van der Waals surface area contributed by atoms with Crippen LogP contribution in [-0.4, -0.2) is 47.4 Å². The van der Waals surface area contributed by atoms with Gasteiger partial charge >= 0.3 is 5.97 Å². The molecule has 2 unspecified atom stereocenters. The lowest BCUT2D eigenvalue weighted by Crippen LogP contribution is -2.45. The summed E-state index contributed by atoms with van der Waals surface area (Å²) >= 11 is 0. The number of hydrogen-bond acceptors (Lipinski definition) is 5. The van der Waals surface area contributed by atoms with Gasteiger partial charge in [0.2, 0.25) is 5.91 Å². The van der Waals surface area contributed by atoms with Gasteiger partial charge in [-0.1, -0.05) is 384 Å².